The molecule has 2 fully saturated rings. The van der Waals surface area contributed by atoms with Crippen LogP contribution in [0.25, 0.3) is 0 Å². The fraction of sp³-hybridized carbons (Fsp3) is 0.650. The smallest absolute Gasteiger partial charge is 0.223 e. The molecule has 0 bridgehead atoms. The molecule has 132 valence electrons. The Hall–Kier alpha value is -1.39. The van der Waals surface area contributed by atoms with Crippen LogP contribution in [-0.4, -0.2) is 54.5 Å². The third-order valence-corrected chi connectivity index (χ3v) is 5.35. The molecule has 0 atom stereocenters. The lowest BCUT2D eigenvalue weighted by atomic mass is 9.95. The quantitative estimate of drug-likeness (QED) is 0.871. The Kier molecular flexibility index (Phi) is 6.67. The zero-order chi connectivity index (χ0) is 16.6. The Morgan fingerprint density at radius 1 is 1.00 bits per heavy atom. The third kappa shape index (κ3) is 5.32. The summed E-state index contributed by atoms with van der Waals surface area (Å²) in [5, 5.41) is 3.58. The maximum absolute atomic E-state index is 12.4. The van der Waals surface area contributed by atoms with E-state index >= 15 is 0 Å². The highest BCUT2D eigenvalue weighted by molar-refractivity contribution is 5.76. The zero-order valence-corrected chi connectivity index (χ0v) is 14.8. The molecule has 0 unspecified atom stereocenters. The molecule has 1 amide bonds. The van der Waals surface area contributed by atoms with E-state index in [1.165, 1.54) is 37.7 Å². The molecular weight excluding hydrogens is 298 g/mol. The Balaban J connectivity index is 1.32. The van der Waals surface area contributed by atoms with Crippen molar-refractivity contribution in [2.24, 2.45) is 0 Å². The third-order valence-electron chi connectivity index (χ3n) is 5.35. The van der Waals surface area contributed by atoms with Crippen LogP contribution in [-0.2, 0) is 11.3 Å². The maximum Gasteiger partial charge on any atom is 0.223 e. The lowest BCUT2D eigenvalue weighted by Crippen LogP contribution is -2.48. The van der Waals surface area contributed by atoms with Crippen LogP contribution in [0.3, 0.4) is 0 Å². The largest absolute Gasteiger partial charge is 0.340 e. The van der Waals surface area contributed by atoms with Crippen LogP contribution in [0.4, 0.5) is 0 Å². The number of hydrogen-bond donors (Lipinski definition) is 1. The van der Waals surface area contributed by atoms with Crippen LogP contribution in [0.5, 0.6) is 0 Å². The summed E-state index contributed by atoms with van der Waals surface area (Å²) in [6.07, 6.45) is 7.28. The number of carbonyl (C=O) groups excluding carboxylic acids is 1. The van der Waals surface area contributed by atoms with Crippen molar-refractivity contribution in [3.8, 4) is 0 Å². The highest BCUT2D eigenvalue weighted by Crippen LogP contribution is 2.17. The SMILES string of the molecule is O=C(CCNC1CCCCC1)N1CCN(Cc2ccccc2)CC1. The lowest BCUT2D eigenvalue weighted by Gasteiger charge is -2.35. The second kappa shape index (κ2) is 9.19. The van der Waals surface area contributed by atoms with Crippen molar-refractivity contribution < 1.29 is 4.79 Å². The summed E-state index contributed by atoms with van der Waals surface area (Å²) >= 11 is 0. The number of benzene rings is 1. The minimum Gasteiger partial charge on any atom is -0.340 e. The fourth-order valence-electron chi connectivity index (χ4n) is 3.85. The standard InChI is InChI=1S/C20H31N3O/c24-20(11-12-21-19-9-5-2-6-10-19)23-15-13-22(14-16-23)17-18-7-3-1-4-8-18/h1,3-4,7-8,19,21H,2,5-6,9-17H2. The van der Waals surface area contributed by atoms with E-state index < -0.39 is 0 Å². The number of amides is 1. The molecule has 1 saturated heterocycles. The van der Waals surface area contributed by atoms with E-state index in [1.54, 1.807) is 0 Å². The zero-order valence-electron chi connectivity index (χ0n) is 14.8. The van der Waals surface area contributed by atoms with Gasteiger partial charge in [0.25, 0.3) is 0 Å². The van der Waals surface area contributed by atoms with Crippen molar-refractivity contribution in [3.63, 3.8) is 0 Å². The Bertz CT molecular complexity index is 491. The van der Waals surface area contributed by atoms with Gasteiger partial charge in [0.05, 0.1) is 0 Å². The summed E-state index contributed by atoms with van der Waals surface area (Å²) in [5.41, 5.74) is 1.36. The number of hydrogen-bond acceptors (Lipinski definition) is 3. The van der Waals surface area contributed by atoms with Crippen LogP contribution >= 0.6 is 0 Å². The topological polar surface area (TPSA) is 35.6 Å². The molecule has 24 heavy (non-hydrogen) atoms. The normalized spacial score (nSPS) is 20.2. The first kappa shape index (κ1) is 17.4. The van der Waals surface area contributed by atoms with Gasteiger partial charge in [-0.1, -0.05) is 49.6 Å². The van der Waals surface area contributed by atoms with Gasteiger partial charge in [-0.05, 0) is 18.4 Å². The molecule has 1 heterocycles. The Labute approximate surface area is 146 Å². The van der Waals surface area contributed by atoms with Gasteiger partial charge in [0.2, 0.25) is 5.91 Å². The van der Waals surface area contributed by atoms with Crippen molar-refractivity contribution >= 4 is 5.91 Å². The molecule has 4 heteroatoms. The van der Waals surface area contributed by atoms with E-state index in [0.717, 1.165) is 39.3 Å². The average molecular weight is 329 g/mol. The Morgan fingerprint density at radius 3 is 2.42 bits per heavy atom. The monoisotopic (exact) mass is 329 g/mol. The van der Waals surface area contributed by atoms with E-state index in [4.69, 9.17) is 0 Å². The molecule has 0 spiro atoms. The highest BCUT2D eigenvalue weighted by atomic mass is 16.2. The fourth-order valence-corrected chi connectivity index (χ4v) is 3.85. The lowest BCUT2D eigenvalue weighted by molar-refractivity contribution is -0.132. The van der Waals surface area contributed by atoms with Gasteiger partial charge in [-0.15, -0.1) is 0 Å². The van der Waals surface area contributed by atoms with E-state index in [0.29, 0.717) is 18.4 Å². The highest BCUT2D eigenvalue weighted by Gasteiger charge is 2.21. The van der Waals surface area contributed by atoms with Gasteiger partial charge in [0.1, 0.15) is 0 Å². The molecule has 1 N–H and O–H groups in total. The van der Waals surface area contributed by atoms with Crippen LogP contribution in [0, 0.1) is 0 Å². The molecule has 1 saturated carbocycles. The molecule has 4 nitrogen and oxygen atoms in total. The second-order valence-electron chi connectivity index (χ2n) is 7.18. The molecule has 2 aliphatic rings. The summed E-state index contributed by atoms with van der Waals surface area (Å²) in [4.78, 5) is 16.9. The summed E-state index contributed by atoms with van der Waals surface area (Å²) in [6.45, 7) is 5.54. The van der Waals surface area contributed by atoms with Gasteiger partial charge in [-0.2, -0.15) is 0 Å². The van der Waals surface area contributed by atoms with Gasteiger partial charge in [0, 0.05) is 51.7 Å². The molecular formula is C20H31N3O. The van der Waals surface area contributed by atoms with Crippen molar-refractivity contribution in [2.45, 2.75) is 51.1 Å². The maximum atomic E-state index is 12.4. The van der Waals surface area contributed by atoms with Crippen molar-refractivity contribution in [1.82, 2.24) is 15.1 Å². The second-order valence-corrected chi connectivity index (χ2v) is 7.18. The van der Waals surface area contributed by atoms with Crippen molar-refractivity contribution in [2.75, 3.05) is 32.7 Å². The van der Waals surface area contributed by atoms with Crippen LogP contribution in [0.2, 0.25) is 0 Å². The average Bonchev–Trinajstić information content (AvgIpc) is 2.64. The number of nitrogens with zero attached hydrogens (tertiary/aromatic N) is 2. The summed E-state index contributed by atoms with van der Waals surface area (Å²) in [6, 6.07) is 11.2. The first-order chi connectivity index (χ1) is 11.8. The molecule has 0 aromatic heterocycles. The Morgan fingerprint density at radius 2 is 1.71 bits per heavy atom. The first-order valence-electron chi connectivity index (χ1n) is 9.59. The number of nitrogens with one attached hydrogen (secondary N) is 1. The minimum absolute atomic E-state index is 0.317. The van der Waals surface area contributed by atoms with Crippen molar-refractivity contribution in [3.05, 3.63) is 35.9 Å². The predicted molar refractivity (Wildman–Crippen MR) is 97.8 cm³/mol. The molecule has 1 aromatic carbocycles. The molecule has 3 rings (SSSR count). The van der Waals surface area contributed by atoms with E-state index in [1.807, 2.05) is 4.90 Å². The van der Waals surface area contributed by atoms with Gasteiger partial charge < -0.3 is 10.2 Å². The van der Waals surface area contributed by atoms with Gasteiger partial charge >= 0.3 is 0 Å². The summed E-state index contributed by atoms with van der Waals surface area (Å²) in [5.74, 6) is 0.317. The number of rotatable bonds is 6. The predicted octanol–water partition coefficient (Wildman–Crippen LogP) is 2.64. The van der Waals surface area contributed by atoms with E-state index in [2.05, 4.69) is 40.5 Å². The van der Waals surface area contributed by atoms with Crippen molar-refractivity contribution in [1.29, 1.82) is 0 Å². The molecule has 1 aromatic rings. The van der Waals surface area contributed by atoms with Gasteiger partial charge in [-0.3, -0.25) is 9.69 Å². The van der Waals surface area contributed by atoms with Crippen LogP contribution in [0.15, 0.2) is 30.3 Å². The van der Waals surface area contributed by atoms with Gasteiger partial charge in [0.15, 0.2) is 0 Å². The molecule has 1 aliphatic heterocycles. The summed E-state index contributed by atoms with van der Waals surface area (Å²) < 4.78 is 0. The van der Waals surface area contributed by atoms with Gasteiger partial charge in [-0.25, -0.2) is 0 Å². The number of piperazine rings is 1. The number of carbonyl (C=O) groups is 1. The van der Waals surface area contributed by atoms with Crippen LogP contribution in [0.1, 0.15) is 44.1 Å². The van der Waals surface area contributed by atoms with Crippen LogP contribution < -0.4 is 5.32 Å². The summed E-state index contributed by atoms with van der Waals surface area (Å²) in [7, 11) is 0. The minimum atomic E-state index is 0.317. The van der Waals surface area contributed by atoms with E-state index in [9.17, 15) is 4.79 Å². The molecule has 0 radical (unpaired) electrons. The van der Waals surface area contributed by atoms with E-state index in [-0.39, 0.29) is 0 Å². The molecule has 1 aliphatic carbocycles. The first-order valence-corrected chi connectivity index (χ1v) is 9.59.